The van der Waals surface area contributed by atoms with Gasteiger partial charge in [-0.2, -0.15) is 0 Å². The van der Waals surface area contributed by atoms with Gasteiger partial charge >= 0.3 is 0 Å². The molecule has 53 heavy (non-hydrogen) atoms. The van der Waals surface area contributed by atoms with Crippen molar-refractivity contribution in [2.45, 2.75) is 136 Å². The molecule has 1 saturated heterocycles. The second-order valence-corrected chi connectivity index (χ2v) is 17.8. The zero-order chi connectivity index (χ0) is 38.9. The maximum Gasteiger partial charge on any atom is 0.226 e. The summed E-state index contributed by atoms with van der Waals surface area (Å²) in [6, 6.07) is 9.67. The average molecular weight is 752 g/mol. The van der Waals surface area contributed by atoms with E-state index in [1.165, 1.54) is 0 Å². The van der Waals surface area contributed by atoms with Crippen LogP contribution in [0.5, 0.6) is 0 Å². The fourth-order valence-corrected chi connectivity index (χ4v) is 9.40. The van der Waals surface area contributed by atoms with Gasteiger partial charge in [0.25, 0.3) is 0 Å². The molecule has 10 heteroatoms. The Morgan fingerprint density at radius 3 is 2.19 bits per heavy atom. The van der Waals surface area contributed by atoms with E-state index >= 15 is 0 Å². The number of nitrogens with zero attached hydrogens (tertiary/aromatic N) is 3. The van der Waals surface area contributed by atoms with Crippen LogP contribution < -0.4 is 0 Å². The van der Waals surface area contributed by atoms with Crippen molar-refractivity contribution in [2.75, 3.05) is 27.8 Å². The van der Waals surface area contributed by atoms with Crippen LogP contribution in [0.3, 0.4) is 0 Å². The van der Waals surface area contributed by atoms with Crippen LogP contribution in [0.1, 0.15) is 116 Å². The first-order valence-electron chi connectivity index (χ1n) is 19.8. The molecule has 0 radical (unpaired) electrons. The smallest absolute Gasteiger partial charge is 0.226 e. The van der Waals surface area contributed by atoms with E-state index in [0.717, 1.165) is 55.5 Å². The highest BCUT2D eigenvalue weighted by Gasteiger charge is 2.44. The number of carbonyl (C=O) groups is 4. The van der Waals surface area contributed by atoms with Crippen LogP contribution in [0.4, 0.5) is 0 Å². The molecule has 0 spiro atoms. The molecule has 1 saturated carbocycles. The second kappa shape index (κ2) is 19.6. The Balaban J connectivity index is 1.50. The lowest BCUT2D eigenvalue weighted by molar-refractivity contribution is -0.149. The topological polar surface area (TPSA) is 106 Å². The number of likely N-dealkylation sites (N-methyl/N-ethyl adjacent to an activating group) is 1. The van der Waals surface area contributed by atoms with Gasteiger partial charge in [0.2, 0.25) is 11.8 Å². The number of likely N-dealkylation sites (tertiary alicyclic amines) is 1. The molecular weight excluding hydrogens is 687 g/mol. The zero-order valence-corrected chi connectivity index (χ0v) is 34.5. The number of rotatable bonds is 19. The third-order valence-electron chi connectivity index (χ3n) is 11.9. The van der Waals surface area contributed by atoms with Crippen molar-refractivity contribution in [1.82, 2.24) is 14.8 Å². The van der Waals surface area contributed by atoms with Crippen LogP contribution >= 0.6 is 11.3 Å². The lowest BCUT2D eigenvalue weighted by atomic mass is 9.80. The number of amides is 2. The van der Waals surface area contributed by atoms with E-state index < -0.39 is 29.5 Å². The number of Topliss-reactive ketones (excluding diaryl/α,β-unsaturated/α-hetero) is 2. The SMILES string of the molecule is CO[C@H]([C@@H](C)C(=O)C[C@@H](Cc1ccccc1)c1nccs1)[C@@H]1CCCN1C(=O)C[C@@H](OC)[C@H](C1CCCC1)N(C)C(=O)[C@@H](CC(=O)C(C)(C)C)C(C)C. The minimum Gasteiger partial charge on any atom is -0.379 e. The minimum absolute atomic E-state index is 0.0145. The summed E-state index contributed by atoms with van der Waals surface area (Å²) in [5.41, 5.74) is 0.635. The summed E-state index contributed by atoms with van der Waals surface area (Å²) >= 11 is 1.58. The molecule has 2 fully saturated rings. The summed E-state index contributed by atoms with van der Waals surface area (Å²) in [4.78, 5) is 64.0. The average Bonchev–Trinajstić information content (AvgIpc) is 3.94. The van der Waals surface area contributed by atoms with Gasteiger partial charge in [-0.3, -0.25) is 19.2 Å². The number of ether oxygens (including phenoxy) is 2. The minimum atomic E-state index is -0.530. The molecule has 0 N–H and O–H groups in total. The molecule has 7 atom stereocenters. The Morgan fingerprint density at radius 2 is 1.62 bits per heavy atom. The van der Waals surface area contributed by atoms with Gasteiger partial charge in [-0.25, -0.2) is 4.98 Å². The number of hydrogen-bond donors (Lipinski definition) is 0. The third-order valence-corrected chi connectivity index (χ3v) is 12.9. The highest BCUT2D eigenvalue weighted by molar-refractivity contribution is 7.09. The number of methoxy groups -OCH3 is 2. The summed E-state index contributed by atoms with van der Waals surface area (Å²) in [6.45, 7) is 12.2. The number of thiazole rings is 1. The van der Waals surface area contributed by atoms with Gasteiger partial charge in [-0.1, -0.05) is 84.7 Å². The quantitative estimate of drug-likeness (QED) is 0.144. The number of carbonyl (C=O) groups excluding carboxylic acids is 4. The van der Waals surface area contributed by atoms with Crippen molar-refractivity contribution in [2.24, 2.45) is 29.1 Å². The van der Waals surface area contributed by atoms with E-state index in [4.69, 9.17) is 9.47 Å². The molecule has 0 unspecified atom stereocenters. The van der Waals surface area contributed by atoms with E-state index in [-0.39, 0.29) is 66.1 Å². The first-order chi connectivity index (χ1) is 25.2. The van der Waals surface area contributed by atoms with Gasteiger partial charge in [0.1, 0.15) is 11.6 Å². The molecule has 2 aromatic rings. The Morgan fingerprint density at radius 1 is 0.943 bits per heavy atom. The first kappa shape index (κ1) is 42.8. The van der Waals surface area contributed by atoms with Gasteiger partial charge in [0, 0.05) is 75.4 Å². The lowest BCUT2D eigenvalue weighted by Crippen LogP contribution is -2.54. The predicted octanol–water partition coefficient (Wildman–Crippen LogP) is 7.77. The molecule has 1 aromatic carbocycles. The molecular formula is C43H65N3O6S. The summed E-state index contributed by atoms with van der Waals surface area (Å²) in [6.07, 6.45) is 7.88. The molecule has 1 aliphatic heterocycles. The molecule has 294 valence electrons. The second-order valence-electron chi connectivity index (χ2n) is 16.9. The molecule has 4 rings (SSSR count). The van der Waals surface area contributed by atoms with Gasteiger partial charge in [-0.15, -0.1) is 11.3 Å². The summed E-state index contributed by atoms with van der Waals surface area (Å²) in [5, 5.41) is 2.91. The van der Waals surface area contributed by atoms with Crippen LogP contribution in [0.25, 0.3) is 0 Å². The summed E-state index contributed by atoms with van der Waals surface area (Å²) in [5.74, 6) is -0.645. The highest BCUT2D eigenvalue weighted by atomic mass is 32.1. The Labute approximate surface area is 322 Å². The molecule has 1 aromatic heterocycles. The van der Waals surface area contributed by atoms with Crippen molar-refractivity contribution in [3.05, 3.63) is 52.5 Å². The molecule has 9 nitrogen and oxygen atoms in total. The van der Waals surface area contributed by atoms with Gasteiger partial charge in [0.05, 0.1) is 35.7 Å². The van der Waals surface area contributed by atoms with Crippen LogP contribution in [-0.4, -0.2) is 90.3 Å². The van der Waals surface area contributed by atoms with Crippen LogP contribution in [0.2, 0.25) is 0 Å². The number of hydrogen-bond acceptors (Lipinski definition) is 8. The van der Waals surface area contributed by atoms with E-state index in [0.29, 0.717) is 13.0 Å². The van der Waals surface area contributed by atoms with Crippen molar-refractivity contribution < 1.29 is 28.7 Å². The molecule has 1 aliphatic carbocycles. The Hall–Kier alpha value is -2.95. The maximum absolute atomic E-state index is 14.3. The summed E-state index contributed by atoms with van der Waals surface area (Å²) < 4.78 is 12.2. The van der Waals surface area contributed by atoms with E-state index in [1.807, 2.05) is 82.0 Å². The van der Waals surface area contributed by atoms with Crippen molar-refractivity contribution in [1.29, 1.82) is 0 Å². The fourth-order valence-electron chi connectivity index (χ4n) is 8.66. The van der Waals surface area contributed by atoms with E-state index in [2.05, 4.69) is 17.1 Å². The predicted molar refractivity (Wildman–Crippen MR) is 211 cm³/mol. The largest absolute Gasteiger partial charge is 0.379 e. The highest BCUT2D eigenvalue weighted by Crippen LogP contribution is 2.37. The fraction of sp³-hybridized carbons (Fsp3) is 0.698. The zero-order valence-electron chi connectivity index (χ0n) is 33.7. The van der Waals surface area contributed by atoms with Gasteiger partial charge in [-0.05, 0) is 49.5 Å². The molecule has 2 amide bonds. The summed E-state index contributed by atoms with van der Waals surface area (Å²) in [7, 11) is 5.11. The first-order valence-corrected chi connectivity index (χ1v) is 20.7. The van der Waals surface area contributed by atoms with E-state index in [9.17, 15) is 19.2 Å². The van der Waals surface area contributed by atoms with Gasteiger partial charge < -0.3 is 19.3 Å². The van der Waals surface area contributed by atoms with Gasteiger partial charge in [0.15, 0.2) is 0 Å². The molecule has 2 aliphatic rings. The van der Waals surface area contributed by atoms with Crippen molar-refractivity contribution in [3.63, 3.8) is 0 Å². The standard InChI is InChI=1S/C43H65N3O6S/c1-28(2)33(26-37(48)43(4,5)6)42(50)45(7)39(31-18-13-14-19-31)36(51-8)27-38(49)46-22-15-20-34(46)40(52-9)29(3)35(47)25-32(41-44-21-23-53-41)24-30-16-11-10-12-17-30/h10-12,16-17,21,23,28-29,31-34,36,39-40H,13-15,18-20,22,24-27H2,1-9H3/t29-,32+,33-,34-,36+,39-,40+/m0/s1. The third kappa shape index (κ3) is 11.1. The van der Waals surface area contributed by atoms with Crippen LogP contribution in [-0.2, 0) is 35.1 Å². The monoisotopic (exact) mass is 751 g/mol. The number of ketones is 2. The Bertz CT molecular complexity index is 1470. The van der Waals surface area contributed by atoms with Crippen molar-refractivity contribution >= 4 is 34.7 Å². The normalized spacial score (nSPS) is 20.2. The van der Waals surface area contributed by atoms with Crippen LogP contribution in [0.15, 0.2) is 41.9 Å². The molecule has 0 bridgehead atoms. The number of aromatic nitrogens is 1. The van der Waals surface area contributed by atoms with E-state index in [1.54, 1.807) is 31.8 Å². The maximum atomic E-state index is 14.3. The molecule has 2 heterocycles. The lowest BCUT2D eigenvalue weighted by Gasteiger charge is -2.41. The number of benzene rings is 1. The van der Waals surface area contributed by atoms with Crippen molar-refractivity contribution in [3.8, 4) is 0 Å². The van der Waals surface area contributed by atoms with Crippen LogP contribution in [0, 0.1) is 29.1 Å². The Kier molecular flexibility index (Phi) is 15.8.